The van der Waals surface area contributed by atoms with Crippen LogP contribution in [0.1, 0.15) is 35.9 Å². The number of hydrogen-bond donors (Lipinski definition) is 1. The Hall–Kier alpha value is -3.01. The number of carbonyl (C=O) groups excluding carboxylic acids is 1. The van der Waals surface area contributed by atoms with Crippen molar-refractivity contribution in [2.45, 2.75) is 24.7 Å². The summed E-state index contributed by atoms with van der Waals surface area (Å²) >= 11 is 6.41. The van der Waals surface area contributed by atoms with Gasteiger partial charge in [-0.25, -0.2) is 13.8 Å². The number of ether oxygens (including phenoxy) is 1. The zero-order valence-electron chi connectivity index (χ0n) is 17.7. The Bertz CT molecular complexity index is 1080. The minimum Gasteiger partial charge on any atom is -0.480 e. The van der Waals surface area contributed by atoms with Crippen molar-refractivity contribution in [1.29, 1.82) is 0 Å². The van der Waals surface area contributed by atoms with Gasteiger partial charge in [-0.3, -0.25) is 14.7 Å². The summed E-state index contributed by atoms with van der Waals surface area (Å²) in [6.45, 7) is 0.606. The lowest BCUT2D eigenvalue weighted by atomic mass is 9.96. The number of rotatable bonds is 4. The second kappa shape index (κ2) is 8.85. The number of nitrogens with zero attached hydrogens (tertiary/aromatic N) is 5. The van der Waals surface area contributed by atoms with Crippen LogP contribution in [-0.2, 0) is 4.79 Å². The molecule has 4 rings (SSSR count). The molecule has 1 aliphatic heterocycles. The van der Waals surface area contributed by atoms with Crippen LogP contribution >= 0.6 is 11.6 Å². The number of nitrogens with two attached hydrogens (primary N) is 1. The van der Waals surface area contributed by atoms with Crippen LogP contribution in [0.2, 0.25) is 5.02 Å². The van der Waals surface area contributed by atoms with Gasteiger partial charge in [-0.05, 0) is 18.9 Å². The van der Waals surface area contributed by atoms with Crippen molar-refractivity contribution in [2.75, 3.05) is 38.7 Å². The second-order valence-corrected chi connectivity index (χ2v) is 8.19. The average molecular weight is 465 g/mol. The fraction of sp³-hybridized carbons (Fsp3) is 0.429. The Morgan fingerprint density at radius 3 is 2.66 bits per heavy atom. The third-order valence-corrected chi connectivity index (χ3v) is 5.99. The Balaban J connectivity index is 1.78. The summed E-state index contributed by atoms with van der Waals surface area (Å²) < 4.78 is 33.5. The second-order valence-electron chi connectivity index (χ2n) is 7.81. The third kappa shape index (κ3) is 4.32. The van der Waals surface area contributed by atoms with E-state index in [0.717, 1.165) is 25.0 Å². The van der Waals surface area contributed by atoms with Crippen molar-refractivity contribution < 1.29 is 18.3 Å². The lowest BCUT2D eigenvalue weighted by molar-refractivity contribution is -0.127. The van der Waals surface area contributed by atoms with Crippen LogP contribution in [0.3, 0.4) is 0 Å². The van der Waals surface area contributed by atoms with Crippen molar-refractivity contribution >= 4 is 29.4 Å². The molecule has 1 atom stereocenters. The van der Waals surface area contributed by atoms with E-state index < -0.39 is 23.5 Å². The van der Waals surface area contributed by atoms with E-state index in [1.54, 1.807) is 4.90 Å². The predicted octanol–water partition coefficient (Wildman–Crippen LogP) is 2.67. The zero-order chi connectivity index (χ0) is 23.0. The molecular weight excluding hydrogens is 442 g/mol. The number of likely N-dealkylation sites (N-methyl/N-ethyl adjacent to an activating group) is 1. The molecule has 2 heterocycles. The molecule has 1 aromatic carbocycles. The molecule has 0 spiro atoms. The first-order chi connectivity index (χ1) is 15.3. The summed E-state index contributed by atoms with van der Waals surface area (Å²) in [5.41, 5.74) is 6.68. The molecule has 2 aliphatic rings. The predicted molar refractivity (Wildman–Crippen MR) is 116 cm³/mol. The maximum absolute atomic E-state index is 14.7. The fourth-order valence-corrected chi connectivity index (χ4v) is 3.98. The molecule has 1 aliphatic carbocycles. The summed E-state index contributed by atoms with van der Waals surface area (Å²) in [6, 6.07) is 3.14. The standard InChI is InChI=1S/C21H23ClF2N6O2/c1-29-19(31)14(13-6-5-12(23)9-15(13)24)10-30(8-7-26-20(29)25)21-27-17(11-3-4-11)16(22)18(28-21)32-2/h5-6,9,11,14H,3-4,7-8,10H2,1-2H3,(H2,25,26)/t14-/m1/s1. The van der Waals surface area contributed by atoms with Crippen molar-refractivity contribution in [3.63, 3.8) is 0 Å². The molecule has 1 fully saturated rings. The summed E-state index contributed by atoms with van der Waals surface area (Å²) in [5, 5.41) is 0.363. The highest BCUT2D eigenvalue weighted by Gasteiger charge is 2.34. The molecular formula is C21H23ClF2N6O2. The first kappa shape index (κ1) is 22.2. The van der Waals surface area contributed by atoms with Gasteiger partial charge in [0.2, 0.25) is 17.7 Å². The molecule has 0 radical (unpaired) electrons. The minimum atomic E-state index is -0.998. The first-order valence-electron chi connectivity index (χ1n) is 10.2. The van der Waals surface area contributed by atoms with E-state index in [9.17, 15) is 13.6 Å². The van der Waals surface area contributed by atoms with Gasteiger partial charge in [0, 0.05) is 37.7 Å². The zero-order valence-corrected chi connectivity index (χ0v) is 18.4. The van der Waals surface area contributed by atoms with Crippen molar-refractivity contribution in [3.8, 4) is 5.88 Å². The molecule has 0 bridgehead atoms. The Morgan fingerprint density at radius 2 is 2.00 bits per heavy atom. The monoisotopic (exact) mass is 464 g/mol. The Morgan fingerprint density at radius 1 is 1.25 bits per heavy atom. The summed E-state index contributed by atoms with van der Waals surface area (Å²) in [7, 11) is 2.94. The molecule has 1 saturated carbocycles. The number of carbonyl (C=O) groups is 1. The number of halogens is 3. The molecule has 0 unspecified atom stereocenters. The first-order valence-corrected chi connectivity index (χ1v) is 10.6. The maximum Gasteiger partial charge on any atom is 0.238 e. The Kier molecular flexibility index (Phi) is 6.14. The number of benzene rings is 1. The highest BCUT2D eigenvalue weighted by molar-refractivity contribution is 6.32. The lowest BCUT2D eigenvalue weighted by Gasteiger charge is -2.28. The highest BCUT2D eigenvalue weighted by Crippen LogP contribution is 2.45. The number of hydrogen-bond acceptors (Lipinski definition) is 7. The Labute approximate surface area is 189 Å². The van der Waals surface area contributed by atoms with Crippen molar-refractivity contribution in [1.82, 2.24) is 14.9 Å². The maximum atomic E-state index is 14.7. The molecule has 1 amide bonds. The highest BCUT2D eigenvalue weighted by atomic mass is 35.5. The van der Waals surface area contributed by atoms with Crippen LogP contribution in [0.15, 0.2) is 23.2 Å². The largest absolute Gasteiger partial charge is 0.480 e. The van der Waals surface area contributed by atoms with E-state index in [4.69, 9.17) is 22.1 Å². The van der Waals surface area contributed by atoms with Gasteiger partial charge in [-0.2, -0.15) is 4.98 Å². The van der Waals surface area contributed by atoms with Crippen LogP contribution in [0.5, 0.6) is 5.88 Å². The third-order valence-electron chi connectivity index (χ3n) is 5.63. The van der Waals surface area contributed by atoms with Gasteiger partial charge in [0.05, 0.1) is 25.3 Å². The number of guanidine groups is 1. The molecule has 1 aromatic heterocycles. The number of amides is 1. The molecule has 11 heteroatoms. The van der Waals surface area contributed by atoms with Crippen molar-refractivity contribution in [2.24, 2.45) is 10.7 Å². The SMILES string of the molecule is COc1nc(N2CCN=C(N)N(C)C(=O)[C@@H](c3ccc(F)cc3F)C2)nc(C2CC2)c1Cl. The molecule has 2 N–H and O–H groups in total. The van der Waals surface area contributed by atoms with Crippen LogP contribution in [-0.4, -0.2) is 60.5 Å². The normalized spacial score (nSPS) is 19.8. The van der Waals surface area contributed by atoms with Crippen molar-refractivity contribution in [3.05, 3.63) is 46.1 Å². The summed E-state index contributed by atoms with van der Waals surface area (Å²) in [5.74, 6) is -2.26. The van der Waals surface area contributed by atoms with Crippen LogP contribution < -0.4 is 15.4 Å². The van der Waals surface area contributed by atoms with Gasteiger partial charge in [-0.1, -0.05) is 17.7 Å². The average Bonchev–Trinajstić information content (AvgIpc) is 3.60. The van der Waals surface area contributed by atoms with Gasteiger partial charge in [-0.15, -0.1) is 0 Å². The molecule has 0 saturated heterocycles. The van der Waals surface area contributed by atoms with Gasteiger partial charge in [0.15, 0.2) is 5.96 Å². The van der Waals surface area contributed by atoms with Gasteiger partial charge < -0.3 is 15.4 Å². The van der Waals surface area contributed by atoms with Crippen LogP contribution in [0.4, 0.5) is 14.7 Å². The topological polar surface area (TPSA) is 96.9 Å². The molecule has 2 aromatic rings. The summed E-state index contributed by atoms with van der Waals surface area (Å²) in [4.78, 5) is 29.4. The van der Waals surface area contributed by atoms with E-state index in [1.807, 2.05) is 0 Å². The minimum absolute atomic E-state index is 0.0117. The van der Waals surface area contributed by atoms with Gasteiger partial charge in [0.1, 0.15) is 16.7 Å². The van der Waals surface area contributed by atoms with E-state index in [2.05, 4.69) is 15.0 Å². The van der Waals surface area contributed by atoms with E-state index in [1.165, 1.54) is 25.1 Å². The lowest BCUT2D eigenvalue weighted by Crippen LogP contribution is -2.43. The van der Waals surface area contributed by atoms with Gasteiger partial charge >= 0.3 is 0 Å². The van der Waals surface area contributed by atoms with E-state index in [-0.39, 0.29) is 36.4 Å². The smallest absolute Gasteiger partial charge is 0.238 e. The number of aromatic nitrogens is 2. The van der Waals surface area contributed by atoms with Crippen LogP contribution in [0, 0.1) is 11.6 Å². The quantitative estimate of drug-likeness (QED) is 0.747. The fourth-order valence-electron chi connectivity index (χ4n) is 3.66. The number of methoxy groups -OCH3 is 1. The summed E-state index contributed by atoms with van der Waals surface area (Å²) in [6.07, 6.45) is 1.93. The van der Waals surface area contributed by atoms with E-state index >= 15 is 0 Å². The number of aliphatic imine (C=N–C) groups is 1. The molecule has 170 valence electrons. The van der Waals surface area contributed by atoms with E-state index in [0.29, 0.717) is 23.2 Å². The molecule has 8 nitrogen and oxygen atoms in total. The van der Waals surface area contributed by atoms with Crippen LogP contribution in [0.25, 0.3) is 0 Å². The number of anilines is 1. The van der Waals surface area contributed by atoms with Gasteiger partial charge in [0.25, 0.3) is 0 Å². The molecule has 32 heavy (non-hydrogen) atoms.